The molecule has 3 amide bonds. The molecule has 1 saturated carbocycles. The number of hydrogen-bond donors (Lipinski definition) is 4. The van der Waals surface area contributed by atoms with E-state index in [4.69, 9.17) is 0 Å². The Bertz CT molecular complexity index is 1330. The molecule has 2 aromatic rings. The van der Waals surface area contributed by atoms with Gasteiger partial charge in [0.15, 0.2) is 0 Å². The third-order valence-electron chi connectivity index (χ3n) is 8.79. The van der Waals surface area contributed by atoms with Gasteiger partial charge in [-0.3, -0.25) is 19.2 Å². The average Bonchev–Trinajstić information content (AvgIpc) is 3.66. The van der Waals surface area contributed by atoms with E-state index in [0.717, 1.165) is 34.5 Å². The molecule has 11 heteroatoms. The maximum atomic E-state index is 13.9. The first-order valence-electron chi connectivity index (χ1n) is 15.0. The molecule has 2 heterocycles. The number of carbonyl (C=O) groups excluding carboxylic acids is 3. The number of aryl methyl sites for hydroxylation is 1. The summed E-state index contributed by atoms with van der Waals surface area (Å²) in [4.78, 5) is 59.0. The number of likely N-dealkylation sites (tertiary alicyclic amines) is 1. The molecule has 0 radical (unpaired) electrons. The summed E-state index contributed by atoms with van der Waals surface area (Å²) >= 11 is 1.57. The molecule has 0 spiro atoms. The van der Waals surface area contributed by atoms with Gasteiger partial charge in [-0.2, -0.15) is 0 Å². The van der Waals surface area contributed by atoms with Crippen LogP contribution in [-0.2, 0) is 19.2 Å². The molecule has 1 aromatic heterocycles. The third-order valence-corrected chi connectivity index (χ3v) is 9.76. The molecule has 1 aromatic carbocycles. The molecule has 0 unspecified atom stereocenters. The number of thiazole rings is 1. The van der Waals surface area contributed by atoms with Crippen molar-refractivity contribution in [2.75, 3.05) is 6.54 Å². The van der Waals surface area contributed by atoms with Crippen LogP contribution in [0, 0.1) is 17.8 Å². The van der Waals surface area contributed by atoms with E-state index in [-0.39, 0.29) is 43.7 Å². The van der Waals surface area contributed by atoms with Gasteiger partial charge in [-0.1, -0.05) is 57.9 Å². The van der Waals surface area contributed by atoms with E-state index in [1.165, 1.54) is 4.90 Å². The van der Waals surface area contributed by atoms with Crippen LogP contribution in [-0.4, -0.2) is 68.5 Å². The van der Waals surface area contributed by atoms with Crippen molar-refractivity contribution in [3.05, 3.63) is 41.0 Å². The summed E-state index contributed by atoms with van der Waals surface area (Å²) in [7, 11) is 0. The summed E-state index contributed by atoms with van der Waals surface area (Å²) in [5.74, 6) is -2.11. The molecule has 2 aliphatic rings. The van der Waals surface area contributed by atoms with Crippen molar-refractivity contribution in [1.82, 2.24) is 20.5 Å². The van der Waals surface area contributed by atoms with Crippen molar-refractivity contribution in [3.63, 3.8) is 0 Å². The van der Waals surface area contributed by atoms with Gasteiger partial charge >= 0.3 is 5.97 Å². The molecule has 4 rings (SSSR count). The van der Waals surface area contributed by atoms with Gasteiger partial charge in [-0.05, 0) is 48.6 Å². The fourth-order valence-electron chi connectivity index (χ4n) is 6.43. The maximum absolute atomic E-state index is 13.9. The van der Waals surface area contributed by atoms with E-state index in [9.17, 15) is 29.4 Å². The summed E-state index contributed by atoms with van der Waals surface area (Å²) in [6, 6.07) is 5.72. The fourth-order valence-corrected chi connectivity index (χ4v) is 7.24. The lowest BCUT2D eigenvalue weighted by Gasteiger charge is -2.36. The summed E-state index contributed by atoms with van der Waals surface area (Å²) in [5, 5.41) is 25.8. The Morgan fingerprint density at radius 1 is 1.09 bits per heavy atom. The number of rotatable bonds is 10. The zero-order valence-electron chi connectivity index (χ0n) is 25.7. The SMILES string of the molecule is Cc1ncsc1-c1ccc([C@H](C)NC(=O)[C@@H]2C[C@@H](O)CN2C(=O)[C@@H](NC(=O)CC2(CC(=O)O)CCCC2)C(C)(C)C)cc1. The highest BCUT2D eigenvalue weighted by molar-refractivity contribution is 7.13. The van der Waals surface area contributed by atoms with Gasteiger partial charge in [-0.15, -0.1) is 11.3 Å². The summed E-state index contributed by atoms with van der Waals surface area (Å²) in [5.41, 5.74) is 3.43. The molecule has 10 nitrogen and oxygen atoms in total. The van der Waals surface area contributed by atoms with E-state index in [1.807, 2.05) is 64.4 Å². The van der Waals surface area contributed by atoms with Crippen LogP contribution in [0.4, 0.5) is 0 Å². The Morgan fingerprint density at radius 2 is 1.74 bits per heavy atom. The number of β-amino-alcohol motifs (C(OH)–C–C–N with tert-alkyl or cyclic N) is 1. The average molecular weight is 613 g/mol. The van der Waals surface area contributed by atoms with Gasteiger partial charge in [0.2, 0.25) is 17.7 Å². The van der Waals surface area contributed by atoms with E-state index in [1.54, 1.807) is 11.3 Å². The van der Waals surface area contributed by atoms with Gasteiger partial charge < -0.3 is 25.7 Å². The van der Waals surface area contributed by atoms with Crippen molar-refractivity contribution in [2.45, 2.75) is 104 Å². The number of benzene rings is 1. The molecule has 1 aliphatic heterocycles. The summed E-state index contributed by atoms with van der Waals surface area (Å²) < 4.78 is 0. The molecular formula is C32H44N4O6S. The standard InChI is InChI=1S/C32H44N4O6S/c1-19(21-8-10-22(11-9-21)27-20(2)33-18-43-27)34-29(41)24-14-23(37)17-36(24)30(42)28(31(3,4)5)35-25(38)15-32(16-26(39)40)12-6-7-13-32/h8-11,18-19,23-24,28,37H,6-7,12-17H2,1-5H3,(H,34,41)(H,35,38)(H,39,40)/t19-,23+,24-,28+/m0/s1. The topological polar surface area (TPSA) is 149 Å². The monoisotopic (exact) mass is 612 g/mol. The van der Waals surface area contributed by atoms with Crippen molar-refractivity contribution >= 4 is 35.0 Å². The Balaban J connectivity index is 1.45. The van der Waals surface area contributed by atoms with Crippen LogP contribution in [0.15, 0.2) is 29.8 Å². The van der Waals surface area contributed by atoms with Crippen molar-refractivity contribution < 1.29 is 29.4 Å². The van der Waals surface area contributed by atoms with Crippen LogP contribution < -0.4 is 10.6 Å². The number of carboxylic acids is 1. The molecule has 0 bridgehead atoms. The highest BCUT2D eigenvalue weighted by Gasteiger charge is 2.45. The van der Waals surface area contributed by atoms with Crippen LogP contribution in [0.25, 0.3) is 10.4 Å². The molecule has 1 saturated heterocycles. The van der Waals surface area contributed by atoms with E-state index in [0.29, 0.717) is 12.8 Å². The maximum Gasteiger partial charge on any atom is 0.303 e. The molecule has 1 aliphatic carbocycles. The first kappa shape index (κ1) is 32.6. The molecule has 4 N–H and O–H groups in total. The zero-order valence-corrected chi connectivity index (χ0v) is 26.5. The van der Waals surface area contributed by atoms with E-state index >= 15 is 0 Å². The smallest absolute Gasteiger partial charge is 0.303 e. The van der Waals surface area contributed by atoms with Crippen molar-refractivity contribution in [2.24, 2.45) is 10.8 Å². The number of amides is 3. The van der Waals surface area contributed by atoms with Crippen LogP contribution in [0.3, 0.4) is 0 Å². The van der Waals surface area contributed by atoms with Gasteiger partial charge in [0.25, 0.3) is 0 Å². The predicted octanol–water partition coefficient (Wildman–Crippen LogP) is 4.21. The van der Waals surface area contributed by atoms with E-state index in [2.05, 4.69) is 15.6 Å². The lowest BCUT2D eigenvalue weighted by Crippen LogP contribution is -2.58. The number of nitrogens with one attached hydrogen (secondary N) is 2. The molecular weight excluding hydrogens is 568 g/mol. The Labute approximate surface area is 257 Å². The van der Waals surface area contributed by atoms with Crippen molar-refractivity contribution in [3.8, 4) is 10.4 Å². The number of aliphatic hydroxyl groups is 1. The number of carboxylic acid groups (broad SMARTS) is 1. The number of hydrogen-bond acceptors (Lipinski definition) is 7. The van der Waals surface area contributed by atoms with Crippen LogP contribution in [0.5, 0.6) is 0 Å². The quantitative estimate of drug-likeness (QED) is 0.314. The van der Waals surface area contributed by atoms with Crippen molar-refractivity contribution in [1.29, 1.82) is 0 Å². The molecule has 234 valence electrons. The van der Waals surface area contributed by atoms with Crippen LogP contribution in [0.2, 0.25) is 0 Å². The highest BCUT2D eigenvalue weighted by atomic mass is 32.1. The summed E-state index contributed by atoms with van der Waals surface area (Å²) in [6.45, 7) is 9.32. The Kier molecular flexibility index (Phi) is 9.96. The number of aliphatic hydroxyl groups excluding tert-OH is 1. The Morgan fingerprint density at radius 3 is 2.30 bits per heavy atom. The summed E-state index contributed by atoms with van der Waals surface area (Å²) in [6.07, 6.45) is 2.25. The minimum absolute atomic E-state index is 0.0143. The molecule has 43 heavy (non-hydrogen) atoms. The second-order valence-corrected chi connectivity index (χ2v) is 14.2. The van der Waals surface area contributed by atoms with Gasteiger partial charge in [0.05, 0.1) is 34.6 Å². The minimum atomic E-state index is -0.955. The fraction of sp³-hybridized carbons (Fsp3) is 0.594. The highest BCUT2D eigenvalue weighted by Crippen LogP contribution is 2.44. The lowest BCUT2D eigenvalue weighted by molar-refractivity contribution is -0.145. The number of carbonyl (C=O) groups is 4. The zero-order chi connectivity index (χ0) is 31.5. The van der Waals surface area contributed by atoms with Gasteiger partial charge in [0.1, 0.15) is 12.1 Å². The second kappa shape index (κ2) is 13.1. The largest absolute Gasteiger partial charge is 0.481 e. The van der Waals surface area contributed by atoms with Gasteiger partial charge in [-0.25, -0.2) is 4.98 Å². The number of aromatic nitrogens is 1. The number of nitrogens with zero attached hydrogens (tertiary/aromatic N) is 2. The normalized spacial score (nSPS) is 21.3. The minimum Gasteiger partial charge on any atom is -0.481 e. The second-order valence-electron chi connectivity index (χ2n) is 13.3. The van der Waals surface area contributed by atoms with Crippen LogP contribution in [0.1, 0.15) is 89.9 Å². The molecule has 2 fully saturated rings. The van der Waals surface area contributed by atoms with Gasteiger partial charge in [0, 0.05) is 19.4 Å². The Hall–Kier alpha value is -3.31. The first-order valence-corrected chi connectivity index (χ1v) is 15.9. The predicted molar refractivity (Wildman–Crippen MR) is 164 cm³/mol. The third kappa shape index (κ3) is 7.80. The number of aliphatic carboxylic acids is 1. The van der Waals surface area contributed by atoms with E-state index < -0.39 is 40.9 Å². The first-order chi connectivity index (χ1) is 20.2. The van der Waals surface area contributed by atoms with Crippen LogP contribution >= 0.6 is 11.3 Å². The molecule has 4 atom stereocenters. The lowest BCUT2D eigenvalue weighted by atomic mass is 9.78.